The zero-order valence-electron chi connectivity index (χ0n) is 35.4. The van der Waals surface area contributed by atoms with Crippen LogP contribution in [-0.4, -0.2) is 15.3 Å². The van der Waals surface area contributed by atoms with E-state index in [2.05, 4.69) is 33.8 Å². The normalized spacial score (nSPS) is 28.4. The van der Waals surface area contributed by atoms with Crippen LogP contribution in [0, 0.1) is 103 Å². The molecule has 4 bridgehead atoms. The Morgan fingerprint density at radius 2 is 0.774 bits per heavy atom. The second-order valence-electron chi connectivity index (χ2n) is 19.4. The summed E-state index contributed by atoms with van der Waals surface area (Å²) >= 11 is 0. The molecular weight excluding hydrogens is 649 g/mol. The molecule has 3 nitrogen and oxygen atoms in total. The van der Waals surface area contributed by atoms with E-state index >= 15 is 0 Å². The van der Waals surface area contributed by atoms with Crippen molar-refractivity contribution in [3.05, 3.63) is 86.5 Å². The second kappa shape index (κ2) is 17.2. The Kier molecular flexibility index (Phi) is 13.4. The van der Waals surface area contributed by atoms with Gasteiger partial charge in [0.2, 0.25) is 0 Å². The number of rotatable bonds is 0. The number of hydrogen-bond donors (Lipinski definition) is 3. The maximum Gasteiger partial charge on any atom is 0.122 e. The number of phenols is 3. The van der Waals surface area contributed by atoms with Crippen LogP contribution in [0.5, 0.6) is 17.2 Å². The van der Waals surface area contributed by atoms with Crippen LogP contribution in [0.4, 0.5) is 0 Å². The molecule has 6 saturated carbocycles. The van der Waals surface area contributed by atoms with Crippen molar-refractivity contribution in [2.45, 2.75) is 159 Å². The zero-order chi connectivity index (χ0) is 38.8. The minimum Gasteiger partial charge on any atom is -0.508 e. The number of aryl methyl sites for hydroxylation is 8. The summed E-state index contributed by atoms with van der Waals surface area (Å²) in [6.07, 6.45) is 19.1. The molecule has 0 aliphatic heterocycles. The van der Waals surface area contributed by atoms with Gasteiger partial charge in [0.1, 0.15) is 17.2 Å². The summed E-state index contributed by atoms with van der Waals surface area (Å²) in [5.74, 6) is 10.9. The van der Waals surface area contributed by atoms with Crippen LogP contribution in [0.2, 0.25) is 0 Å². The first-order valence-electron chi connectivity index (χ1n) is 21.3. The van der Waals surface area contributed by atoms with Crippen LogP contribution in [0.3, 0.4) is 0 Å². The molecule has 292 valence electrons. The minimum absolute atomic E-state index is 0.0147. The van der Waals surface area contributed by atoms with E-state index in [4.69, 9.17) is 0 Å². The van der Waals surface area contributed by atoms with E-state index in [1.54, 1.807) is 83.1 Å². The number of fused-ring (bicyclic) bond motifs is 10. The van der Waals surface area contributed by atoms with Crippen LogP contribution in [-0.2, 0) is 5.41 Å². The topological polar surface area (TPSA) is 60.7 Å². The highest BCUT2D eigenvalue weighted by molar-refractivity contribution is 5.46. The Hall–Kier alpha value is -2.94. The van der Waals surface area contributed by atoms with Crippen molar-refractivity contribution in [2.24, 2.45) is 47.3 Å². The van der Waals surface area contributed by atoms with Gasteiger partial charge in [0, 0.05) is 0 Å². The summed E-state index contributed by atoms with van der Waals surface area (Å²) in [5, 5.41) is 28.4. The third-order valence-corrected chi connectivity index (χ3v) is 14.4. The molecule has 0 amide bonds. The van der Waals surface area contributed by atoms with Crippen molar-refractivity contribution < 1.29 is 15.3 Å². The first kappa shape index (κ1) is 41.2. The largest absolute Gasteiger partial charge is 0.508 e. The molecule has 53 heavy (non-hydrogen) atoms. The summed E-state index contributed by atoms with van der Waals surface area (Å²) in [4.78, 5) is 0. The van der Waals surface area contributed by atoms with Gasteiger partial charge in [-0.3, -0.25) is 0 Å². The van der Waals surface area contributed by atoms with E-state index in [1.165, 1.54) is 64.0 Å². The molecule has 6 aliphatic rings. The quantitative estimate of drug-likeness (QED) is 0.216. The highest BCUT2D eigenvalue weighted by Gasteiger charge is 2.49. The van der Waals surface area contributed by atoms with Crippen LogP contribution < -0.4 is 0 Å². The van der Waals surface area contributed by atoms with Crippen molar-refractivity contribution >= 4 is 0 Å². The van der Waals surface area contributed by atoms with E-state index in [0.29, 0.717) is 17.2 Å². The van der Waals surface area contributed by atoms with Crippen molar-refractivity contribution in [3.63, 3.8) is 0 Å². The highest BCUT2D eigenvalue weighted by Crippen LogP contribution is 2.59. The van der Waals surface area contributed by atoms with Crippen molar-refractivity contribution in [1.82, 2.24) is 0 Å². The van der Waals surface area contributed by atoms with Gasteiger partial charge in [0.15, 0.2) is 0 Å². The molecule has 8 unspecified atom stereocenters. The molecule has 3 heteroatoms. The first-order chi connectivity index (χ1) is 24.9. The summed E-state index contributed by atoms with van der Waals surface area (Å²) in [5.41, 5.74) is 9.65. The highest BCUT2D eigenvalue weighted by atomic mass is 16.3. The van der Waals surface area contributed by atoms with Gasteiger partial charge in [-0.25, -0.2) is 0 Å². The van der Waals surface area contributed by atoms with E-state index in [1.807, 2.05) is 72.7 Å². The van der Waals surface area contributed by atoms with Crippen LogP contribution in [0.25, 0.3) is 0 Å². The van der Waals surface area contributed by atoms with E-state index in [-0.39, 0.29) is 5.41 Å². The van der Waals surface area contributed by atoms with Gasteiger partial charge in [-0.1, -0.05) is 75.1 Å². The first-order valence-corrected chi connectivity index (χ1v) is 21.3. The lowest BCUT2D eigenvalue weighted by Crippen LogP contribution is -2.15. The predicted molar refractivity (Wildman–Crippen MR) is 224 cm³/mol. The Labute approximate surface area is 324 Å². The molecular formula is C50H74O3. The van der Waals surface area contributed by atoms with Gasteiger partial charge in [0.25, 0.3) is 0 Å². The SMILES string of the molecule is C1CC2C3CCC(C3)C2C1.C1CC2C3CCC(C3)C2C1.Cc1cc(C)c(O)c(C(C)(C)C)c1.Cc1cc(C)c(O)c(C)c1.Cc1cc(C)c(O)cc1C. The molecule has 0 saturated heterocycles. The third-order valence-electron chi connectivity index (χ3n) is 14.4. The monoisotopic (exact) mass is 723 g/mol. The maximum atomic E-state index is 9.86. The fourth-order valence-electron chi connectivity index (χ4n) is 11.7. The summed E-state index contributed by atoms with van der Waals surface area (Å²) in [6, 6.07) is 11.8. The summed E-state index contributed by atoms with van der Waals surface area (Å²) in [6.45, 7) is 22.1. The van der Waals surface area contributed by atoms with Gasteiger partial charge in [-0.2, -0.15) is 0 Å². The number of aromatic hydroxyl groups is 3. The molecule has 3 aromatic carbocycles. The van der Waals surface area contributed by atoms with Gasteiger partial charge < -0.3 is 15.3 Å². The van der Waals surface area contributed by atoms with Gasteiger partial charge >= 0.3 is 0 Å². The Morgan fingerprint density at radius 3 is 1.15 bits per heavy atom. The molecule has 0 heterocycles. The molecule has 3 N–H and O–H groups in total. The van der Waals surface area contributed by atoms with Crippen LogP contribution >= 0.6 is 0 Å². The lowest BCUT2D eigenvalue weighted by atomic mass is 9.82. The predicted octanol–water partition coefficient (Wildman–Crippen LogP) is 13.6. The van der Waals surface area contributed by atoms with Gasteiger partial charge in [-0.15, -0.1) is 0 Å². The summed E-state index contributed by atoms with van der Waals surface area (Å²) in [7, 11) is 0. The van der Waals surface area contributed by atoms with Gasteiger partial charge in [-0.05, 0) is 217 Å². The van der Waals surface area contributed by atoms with Crippen molar-refractivity contribution in [2.75, 3.05) is 0 Å². The summed E-state index contributed by atoms with van der Waals surface area (Å²) < 4.78 is 0. The molecule has 0 radical (unpaired) electrons. The molecule has 3 aromatic rings. The van der Waals surface area contributed by atoms with Crippen LogP contribution in [0.15, 0.2) is 36.4 Å². The average Bonchev–Trinajstić information content (AvgIpc) is 3.93. The Bertz CT molecular complexity index is 1550. The van der Waals surface area contributed by atoms with E-state index < -0.39 is 0 Å². The van der Waals surface area contributed by atoms with Crippen LogP contribution in [0.1, 0.15) is 148 Å². The molecule has 6 aliphatic carbocycles. The molecule has 8 atom stereocenters. The van der Waals surface area contributed by atoms with Gasteiger partial charge in [0.05, 0.1) is 0 Å². The smallest absolute Gasteiger partial charge is 0.122 e. The lowest BCUT2D eigenvalue weighted by Gasteiger charge is -2.23. The number of phenolic OH excluding ortho intramolecular Hbond substituents is 3. The van der Waals surface area contributed by atoms with Crippen molar-refractivity contribution in [1.29, 1.82) is 0 Å². The number of benzene rings is 3. The third kappa shape index (κ3) is 9.84. The molecule has 0 aromatic heterocycles. The second-order valence-corrected chi connectivity index (χ2v) is 19.4. The minimum atomic E-state index is 0.0147. The fraction of sp³-hybridized carbons (Fsp3) is 0.640. The Morgan fingerprint density at radius 1 is 0.415 bits per heavy atom. The molecule has 6 fully saturated rings. The lowest BCUT2D eigenvalue weighted by molar-refractivity contribution is 0.259. The molecule has 0 spiro atoms. The molecule has 9 rings (SSSR count). The van der Waals surface area contributed by atoms with Crippen molar-refractivity contribution in [3.8, 4) is 17.2 Å². The van der Waals surface area contributed by atoms with E-state index in [0.717, 1.165) is 33.4 Å². The van der Waals surface area contributed by atoms with E-state index in [9.17, 15) is 15.3 Å². The number of hydrogen-bond acceptors (Lipinski definition) is 3. The average molecular weight is 723 g/mol. The Balaban J connectivity index is 0.000000128. The zero-order valence-corrected chi connectivity index (χ0v) is 35.4. The maximum absolute atomic E-state index is 9.86. The standard InChI is InChI=1S/C12H18O.2C10H16.2C9H12O/c1-8-6-9(2)11(13)10(7-8)12(3,4)5;2*1-2-9-7-4-5-8(6-7)10(9)3-1;1-6-4-8(3)9(10)5-7(6)2;1-6-4-7(2)9(10)8(3)5-6/h6-7,13H,1-5H3;2*7-10H,1-6H2;2*4-5,10H,1-3H3. The fourth-order valence-corrected chi connectivity index (χ4v) is 11.7.